The first-order valence-corrected chi connectivity index (χ1v) is 9.04. The van der Waals surface area contributed by atoms with Gasteiger partial charge in [0.05, 0.1) is 21.3 Å². The minimum absolute atomic E-state index is 0.486. The molecule has 0 fully saturated rings. The van der Waals surface area contributed by atoms with E-state index in [1.165, 1.54) is 28.4 Å². The monoisotopic (exact) mass is 309 g/mol. The number of thiazole rings is 2. The third-order valence-electron chi connectivity index (χ3n) is 3.09. The molecule has 110 valence electrons. The standard InChI is InChI=1S/C15H23N3S2/c1-5-7-8-16-15-18-12(9-19-15)13-11(6-2)17-14(20-13)10(3)4/h9-10H,5-8H2,1-4H3,(H,16,18). The van der Waals surface area contributed by atoms with Crippen molar-refractivity contribution in [1.82, 2.24) is 9.97 Å². The Morgan fingerprint density at radius 3 is 2.70 bits per heavy atom. The van der Waals surface area contributed by atoms with Crippen LogP contribution in [0.5, 0.6) is 0 Å². The second-order valence-corrected chi connectivity index (χ2v) is 7.04. The SMILES string of the molecule is CCCCNc1nc(-c2sc(C(C)C)nc2CC)cs1. The highest BCUT2D eigenvalue weighted by Crippen LogP contribution is 2.35. The molecule has 0 atom stereocenters. The Morgan fingerprint density at radius 2 is 2.05 bits per heavy atom. The number of aromatic nitrogens is 2. The molecule has 1 N–H and O–H groups in total. The lowest BCUT2D eigenvalue weighted by Gasteiger charge is -1.99. The predicted molar refractivity (Wildman–Crippen MR) is 90.1 cm³/mol. The lowest BCUT2D eigenvalue weighted by Crippen LogP contribution is -1.99. The van der Waals surface area contributed by atoms with Gasteiger partial charge in [-0.1, -0.05) is 34.1 Å². The molecule has 0 unspecified atom stereocenters. The van der Waals surface area contributed by atoms with Crippen LogP contribution in [0.25, 0.3) is 10.6 Å². The fraction of sp³-hybridized carbons (Fsp3) is 0.600. The summed E-state index contributed by atoms with van der Waals surface area (Å²) in [7, 11) is 0. The molecule has 20 heavy (non-hydrogen) atoms. The summed E-state index contributed by atoms with van der Waals surface area (Å²) in [6.07, 6.45) is 3.36. The third-order valence-corrected chi connectivity index (χ3v) is 5.31. The molecule has 0 aliphatic carbocycles. The maximum Gasteiger partial charge on any atom is 0.183 e. The van der Waals surface area contributed by atoms with Crippen molar-refractivity contribution in [2.75, 3.05) is 11.9 Å². The van der Waals surface area contributed by atoms with Crippen LogP contribution in [0.2, 0.25) is 0 Å². The van der Waals surface area contributed by atoms with E-state index in [4.69, 9.17) is 9.97 Å². The molecular formula is C15H23N3S2. The molecule has 0 spiro atoms. The Labute approximate surface area is 129 Å². The second-order valence-electron chi connectivity index (χ2n) is 5.15. The van der Waals surface area contributed by atoms with Crippen LogP contribution in [0.1, 0.15) is 57.2 Å². The number of aryl methyl sites for hydroxylation is 1. The van der Waals surface area contributed by atoms with Crippen molar-refractivity contribution < 1.29 is 0 Å². The summed E-state index contributed by atoms with van der Waals surface area (Å²) < 4.78 is 0. The molecule has 2 rings (SSSR count). The summed E-state index contributed by atoms with van der Waals surface area (Å²) in [5.74, 6) is 0.486. The Hall–Kier alpha value is -0.940. The van der Waals surface area contributed by atoms with Gasteiger partial charge >= 0.3 is 0 Å². The molecule has 0 bridgehead atoms. The van der Waals surface area contributed by atoms with E-state index in [1.807, 2.05) is 0 Å². The lowest BCUT2D eigenvalue weighted by molar-refractivity contribution is 0.833. The van der Waals surface area contributed by atoms with Gasteiger partial charge in [-0.25, -0.2) is 9.97 Å². The van der Waals surface area contributed by atoms with E-state index < -0.39 is 0 Å². The molecule has 2 aromatic heterocycles. The van der Waals surface area contributed by atoms with Gasteiger partial charge in [0.25, 0.3) is 0 Å². The summed E-state index contributed by atoms with van der Waals surface area (Å²) in [5.41, 5.74) is 2.26. The van der Waals surface area contributed by atoms with E-state index in [2.05, 4.69) is 38.4 Å². The summed E-state index contributed by atoms with van der Waals surface area (Å²) in [6.45, 7) is 9.76. The molecule has 3 nitrogen and oxygen atoms in total. The zero-order valence-corrected chi connectivity index (χ0v) is 14.3. The third kappa shape index (κ3) is 3.58. The molecule has 0 aliphatic rings. The van der Waals surface area contributed by atoms with Crippen molar-refractivity contribution in [1.29, 1.82) is 0 Å². The average Bonchev–Trinajstić information content (AvgIpc) is 3.04. The van der Waals surface area contributed by atoms with Gasteiger partial charge in [0.2, 0.25) is 0 Å². The number of rotatable bonds is 7. The van der Waals surface area contributed by atoms with Gasteiger partial charge in [-0.15, -0.1) is 22.7 Å². The van der Waals surface area contributed by atoms with Crippen LogP contribution >= 0.6 is 22.7 Å². The largest absolute Gasteiger partial charge is 0.362 e. The summed E-state index contributed by atoms with van der Waals surface area (Å²) in [4.78, 5) is 10.7. The van der Waals surface area contributed by atoms with E-state index in [9.17, 15) is 0 Å². The van der Waals surface area contributed by atoms with Crippen LogP contribution in [-0.4, -0.2) is 16.5 Å². The smallest absolute Gasteiger partial charge is 0.183 e. The van der Waals surface area contributed by atoms with E-state index >= 15 is 0 Å². The molecule has 2 heterocycles. The first-order valence-electron chi connectivity index (χ1n) is 7.35. The van der Waals surface area contributed by atoms with E-state index in [0.717, 1.165) is 23.8 Å². The highest BCUT2D eigenvalue weighted by atomic mass is 32.1. The normalized spacial score (nSPS) is 11.2. The van der Waals surface area contributed by atoms with E-state index in [0.29, 0.717) is 5.92 Å². The fourth-order valence-corrected chi connectivity index (χ4v) is 3.81. The van der Waals surface area contributed by atoms with E-state index in [1.54, 1.807) is 22.7 Å². The predicted octanol–water partition coefficient (Wildman–Crippen LogP) is 5.16. The van der Waals surface area contributed by atoms with Crippen molar-refractivity contribution in [2.24, 2.45) is 0 Å². The maximum atomic E-state index is 4.75. The van der Waals surface area contributed by atoms with Gasteiger partial charge in [-0.05, 0) is 12.8 Å². The van der Waals surface area contributed by atoms with E-state index in [-0.39, 0.29) is 0 Å². The second kappa shape index (κ2) is 7.18. The topological polar surface area (TPSA) is 37.8 Å². The van der Waals surface area contributed by atoms with Gasteiger partial charge in [0.1, 0.15) is 0 Å². The molecule has 0 saturated heterocycles. The zero-order chi connectivity index (χ0) is 14.5. The molecule has 0 radical (unpaired) electrons. The molecule has 0 aliphatic heterocycles. The van der Waals surface area contributed by atoms with Gasteiger partial charge < -0.3 is 5.32 Å². The number of hydrogen-bond donors (Lipinski definition) is 1. The Kier molecular flexibility index (Phi) is 5.54. The number of anilines is 1. The number of hydrogen-bond acceptors (Lipinski definition) is 5. The number of unbranched alkanes of at least 4 members (excludes halogenated alkanes) is 1. The number of nitrogens with one attached hydrogen (secondary N) is 1. The van der Waals surface area contributed by atoms with Crippen LogP contribution in [0.3, 0.4) is 0 Å². The summed E-state index contributed by atoms with van der Waals surface area (Å²) in [5, 5.41) is 7.77. The quantitative estimate of drug-likeness (QED) is 0.717. The van der Waals surface area contributed by atoms with Crippen molar-refractivity contribution in [3.05, 3.63) is 16.1 Å². The molecule has 2 aromatic rings. The van der Waals surface area contributed by atoms with Gasteiger partial charge in [-0.2, -0.15) is 0 Å². The van der Waals surface area contributed by atoms with Gasteiger partial charge in [0, 0.05) is 17.8 Å². The minimum atomic E-state index is 0.486. The summed E-state index contributed by atoms with van der Waals surface area (Å²) in [6, 6.07) is 0. The van der Waals surface area contributed by atoms with Crippen molar-refractivity contribution >= 4 is 27.8 Å². The van der Waals surface area contributed by atoms with Gasteiger partial charge in [0.15, 0.2) is 5.13 Å². The zero-order valence-electron chi connectivity index (χ0n) is 12.7. The van der Waals surface area contributed by atoms with Crippen LogP contribution in [0, 0.1) is 0 Å². The average molecular weight is 310 g/mol. The van der Waals surface area contributed by atoms with Crippen LogP contribution < -0.4 is 5.32 Å². The van der Waals surface area contributed by atoms with Crippen LogP contribution in [0.4, 0.5) is 5.13 Å². The number of nitrogens with zero attached hydrogens (tertiary/aromatic N) is 2. The highest BCUT2D eigenvalue weighted by molar-refractivity contribution is 7.17. The molecular weight excluding hydrogens is 286 g/mol. The molecule has 0 amide bonds. The summed E-state index contributed by atoms with van der Waals surface area (Å²) >= 11 is 3.48. The lowest BCUT2D eigenvalue weighted by atomic mass is 10.2. The fourth-order valence-electron chi connectivity index (χ4n) is 1.89. The minimum Gasteiger partial charge on any atom is -0.362 e. The van der Waals surface area contributed by atoms with Crippen LogP contribution in [0.15, 0.2) is 5.38 Å². The molecule has 0 saturated carbocycles. The van der Waals surface area contributed by atoms with Crippen molar-refractivity contribution in [3.63, 3.8) is 0 Å². The molecule has 5 heteroatoms. The Bertz CT molecular complexity index is 543. The molecule has 0 aromatic carbocycles. The Balaban J connectivity index is 2.18. The van der Waals surface area contributed by atoms with Crippen LogP contribution in [-0.2, 0) is 6.42 Å². The van der Waals surface area contributed by atoms with Crippen molar-refractivity contribution in [3.8, 4) is 10.6 Å². The van der Waals surface area contributed by atoms with Crippen molar-refractivity contribution in [2.45, 2.75) is 52.9 Å². The Morgan fingerprint density at radius 1 is 1.25 bits per heavy atom. The first-order chi connectivity index (χ1) is 9.65. The first kappa shape index (κ1) is 15.4. The maximum absolute atomic E-state index is 4.75. The highest BCUT2D eigenvalue weighted by Gasteiger charge is 2.16. The van der Waals surface area contributed by atoms with Gasteiger partial charge in [-0.3, -0.25) is 0 Å².